The molecular weight excluding hydrogens is 426 g/mol. The molecule has 0 saturated heterocycles. The van der Waals surface area contributed by atoms with E-state index in [0.717, 1.165) is 14.6 Å². The molecule has 5 nitrogen and oxygen atoms in total. The Kier molecular flexibility index (Phi) is 4.04. The molecule has 1 heterocycles. The van der Waals surface area contributed by atoms with E-state index in [4.69, 9.17) is 10.7 Å². The number of hydrogen-bond acceptors (Lipinski definition) is 4. The first-order valence-electron chi connectivity index (χ1n) is 6.27. The Morgan fingerprint density at radius 1 is 0.913 bits per heavy atom. The van der Waals surface area contributed by atoms with Crippen LogP contribution in [0.3, 0.4) is 0 Å². The molecule has 0 saturated carbocycles. The molecule has 0 bridgehead atoms. The maximum Gasteiger partial charge on any atom is 0.268 e. The SMILES string of the molecule is O=S(=O)(Cl)c1cn(S(=O)(=O)c2ccc(Br)cc2)c2ccccc12. The molecule has 0 aliphatic heterocycles. The molecule has 2 aromatic carbocycles. The number of hydrogen-bond donors (Lipinski definition) is 0. The summed E-state index contributed by atoms with van der Waals surface area (Å²) in [4.78, 5) is -0.199. The molecule has 0 spiro atoms. The summed E-state index contributed by atoms with van der Waals surface area (Å²) >= 11 is 3.24. The molecule has 3 aromatic rings. The molecule has 0 unspecified atom stereocenters. The van der Waals surface area contributed by atoms with E-state index in [1.807, 2.05) is 0 Å². The summed E-state index contributed by atoms with van der Waals surface area (Å²) in [5, 5.41) is 0.253. The average Bonchev–Trinajstić information content (AvgIpc) is 2.88. The topological polar surface area (TPSA) is 73.2 Å². The van der Waals surface area contributed by atoms with Crippen molar-refractivity contribution in [2.24, 2.45) is 0 Å². The normalized spacial score (nSPS) is 12.6. The smallest absolute Gasteiger partial charge is 0.240 e. The molecule has 0 N–H and O–H groups in total. The molecule has 9 heteroatoms. The summed E-state index contributed by atoms with van der Waals surface area (Å²) in [6.07, 6.45) is 1.03. The molecule has 0 aliphatic rings. The standard InChI is InChI=1S/C14H9BrClNO4S2/c15-10-5-7-11(8-6-10)23(20,21)17-9-14(22(16,18)19)12-3-1-2-4-13(12)17/h1-9H. The van der Waals surface area contributed by atoms with E-state index in [0.29, 0.717) is 0 Å². The number of rotatable bonds is 3. The van der Waals surface area contributed by atoms with Gasteiger partial charge in [0.2, 0.25) is 0 Å². The van der Waals surface area contributed by atoms with Crippen LogP contribution in [0.2, 0.25) is 0 Å². The lowest BCUT2D eigenvalue weighted by Gasteiger charge is -2.07. The number of para-hydroxylation sites is 1. The van der Waals surface area contributed by atoms with E-state index in [-0.39, 0.29) is 20.7 Å². The summed E-state index contributed by atoms with van der Waals surface area (Å²) in [6, 6.07) is 12.3. The number of benzene rings is 2. The second-order valence-electron chi connectivity index (χ2n) is 4.70. The Bertz CT molecular complexity index is 1100. The van der Waals surface area contributed by atoms with Crippen LogP contribution in [-0.4, -0.2) is 20.8 Å². The maximum atomic E-state index is 12.8. The number of nitrogens with zero attached hydrogens (tertiary/aromatic N) is 1. The molecule has 0 atom stereocenters. The third-order valence-electron chi connectivity index (χ3n) is 3.27. The second kappa shape index (κ2) is 5.62. The van der Waals surface area contributed by atoms with Crippen LogP contribution in [0.4, 0.5) is 0 Å². The number of aromatic nitrogens is 1. The minimum atomic E-state index is -4.08. The lowest BCUT2D eigenvalue weighted by molar-refractivity contribution is 0.589. The van der Waals surface area contributed by atoms with Crippen molar-refractivity contribution in [1.29, 1.82) is 0 Å². The van der Waals surface area contributed by atoms with Crippen LogP contribution in [0.5, 0.6) is 0 Å². The first-order valence-corrected chi connectivity index (χ1v) is 10.8. The van der Waals surface area contributed by atoms with Crippen LogP contribution < -0.4 is 0 Å². The molecule has 0 amide bonds. The van der Waals surface area contributed by atoms with Gasteiger partial charge in [-0.3, -0.25) is 0 Å². The Balaban J connectivity index is 2.34. The highest BCUT2D eigenvalue weighted by Crippen LogP contribution is 2.30. The molecule has 23 heavy (non-hydrogen) atoms. The van der Waals surface area contributed by atoms with Gasteiger partial charge in [0.1, 0.15) is 4.90 Å². The molecule has 120 valence electrons. The zero-order chi connectivity index (χ0) is 16.8. The Labute approximate surface area is 146 Å². The van der Waals surface area contributed by atoms with Crippen LogP contribution in [-0.2, 0) is 19.1 Å². The van der Waals surface area contributed by atoms with Crippen molar-refractivity contribution in [2.45, 2.75) is 9.79 Å². The van der Waals surface area contributed by atoms with Gasteiger partial charge < -0.3 is 0 Å². The van der Waals surface area contributed by atoms with E-state index >= 15 is 0 Å². The van der Waals surface area contributed by atoms with Crippen molar-refractivity contribution in [1.82, 2.24) is 3.97 Å². The Morgan fingerprint density at radius 3 is 2.13 bits per heavy atom. The van der Waals surface area contributed by atoms with E-state index in [1.165, 1.54) is 24.3 Å². The highest BCUT2D eigenvalue weighted by molar-refractivity contribution is 9.10. The summed E-state index contributed by atoms with van der Waals surface area (Å²) < 4.78 is 50.7. The predicted molar refractivity (Wildman–Crippen MR) is 91.7 cm³/mol. The third kappa shape index (κ3) is 2.91. The van der Waals surface area contributed by atoms with Crippen LogP contribution in [0.15, 0.2) is 69.0 Å². The lowest BCUT2D eigenvalue weighted by Crippen LogP contribution is -2.11. The predicted octanol–water partition coefficient (Wildman–Crippen LogP) is 3.57. The van der Waals surface area contributed by atoms with Crippen LogP contribution in [0, 0.1) is 0 Å². The molecule has 0 aliphatic carbocycles. The van der Waals surface area contributed by atoms with Gasteiger partial charge in [-0.2, -0.15) is 0 Å². The van der Waals surface area contributed by atoms with E-state index in [2.05, 4.69) is 15.9 Å². The van der Waals surface area contributed by atoms with Gasteiger partial charge >= 0.3 is 0 Å². The maximum absolute atomic E-state index is 12.8. The fourth-order valence-electron chi connectivity index (χ4n) is 2.23. The van der Waals surface area contributed by atoms with Gasteiger partial charge in [0.15, 0.2) is 0 Å². The zero-order valence-corrected chi connectivity index (χ0v) is 15.3. The van der Waals surface area contributed by atoms with Gasteiger partial charge in [-0.25, -0.2) is 20.8 Å². The van der Waals surface area contributed by atoms with Crippen LogP contribution in [0.1, 0.15) is 0 Å². The fourth-order valence-corrected chi connectivity index (χ4v) is 4.97. The van der Waals surface area contributed by atoms with Gasteiger partial charge in [0, 0.05) is 26.7 Å². The van der Waals surface area contributed by atoms with Crippen molar-refractivity contribution in [2.75, 3.05) is 0 Å². The summed E-state index contributed by atoms with van der Waals surface area (Å²) in [5.41, 5.74) is 0.245. The first-order chi connectivity index (χ1) is 10.7. The van der Waals surface area contributed by atoms with Crippen LogP contribution >= 0.6 is 26.6 Å². The van der Waals surface area contributed by atoms with Crippen molar-refractivity contribution in [3.05, 3.63) is 59.2 Å². The third-order valence-corrected chi connectivity index (χ3v) is 6.84. The van der Waals surface area contributed by atoms with E-state index in [9.17, 15) is 16.8 Å². The van der Waals surface area contributed by atoms with Crippen LogP contribution in [0.25, 0.3) is 10.9 Å². The number of fused-ring (bicyclic) bond motifs is 1. The van der Waals surface area contributed by atoms with Crippen molar-refractivity contribution < 1.29 is 16.8 Å². The lowest BCUT2D eigenvalue weighted by atomic mass is 10.2. The quantitative estimate of drug-likeness (QED) is 0.591. The highest BCUT2D eigenvalue weighted by atomic mass is 79.9. The molecular formula is C14H9BrClNO4S2. The summed E-state index contributed by atoms with van der Waals surface area (Å²) in [7, 11) is -2.60. The molecule has 0 fully saturated rings. The molecule has 3 rings (SSSR count). The Hall–Kier alpha value is -1.35. The van der Waals surface area contributed by atoms with Gasteiger partial charge in [-0.15, -0.1) is 0 Å². The largest absolute Gasteiger partial charge is 0.268 e. The van der Waals surface area contributed by atoms with Crippen molar-refractivity contribution in [3.8, 4) is 0 Å². The van der Waals surface area contributed by atoms with Crippen molar-refractivity contribution >= 4 is 56.6 Å². The van der Waals surface area contributed by atoms with Gasteiger partial charge in [0.05, 0.1) is 10.4 Å². The second-order valence-corrected chi connectivity index (χ2v) is 9.97. The van der Waals surface area contributed by atoms with E-state index < -0.39 is 19.1 Å². The van der Waals surface area contributed by atoms with Gasteiger partial charge in [-0.05, 0) is 30.3 Å². The zero-order valence-electron chi connectivity index (χ0n) is 11.3. The minimum Gasteiger partial charge on any atom is -0.240 e. The number of halogens is 2. The van der Waals surface area contributed by atoms with Crippen molar-refractivity contribution in [3.63, 3.8) is 0 Å². The molecule has 1 aromatic heterocycles. The highest BCUT2D eigenvalue weighted by Gasteiger charge is 2.25. The Morgan fingerprint density at radius 2 is 1.52 bits per heavy atom. The molecule has 0 radical (unpaired) electrons. The van der Waals surface area contributed by atoms with E-state index in [1.54, 1.807) is 24.3 Å². The fraction of sp³-hybridized carbons (Fsp3) is 0. The monoisotopic (exact) mass is 433 g/mol. The summed E-state index contributed by atoms with van der Waals surface area (Å²) in [6.45, 7) is 0. The average molecular weight is 435 g/mol. The minimum absolute atomic E-state index is 0.0416. The van der Waals surface area contributed by atoms with Gasteiger partial charge in [-0.1, -0.05) is 34.1 Å². The first kappa shape index (κ1) is 16.5. The van der Waals surface area contributed by atoms with Gasteiger partial charge in [0.25, 0.3) is 19.1 Å². The summed E-state index contributed by atoms with van der Waals surface area (Å²) in [5.74, 6) is 0.